The molecule has 0 heterocycles. The molecule has 14 heavy (non-hydrogen) atoms. The fourth-order valence-electron chi connectivity index (χ4n) is 0.804. The summed E-state index contributed by atoms with van der Waals surface area (Å²) in [7, 11) is 0. The van der Waals surface area contributed by atoms with Crippen LogP contribution in [0.2, 0.25) is 0 Å². The van der Waals surface area contributed by atoms with Gasteiger partial charge in [-0.1, -0.05) is 13.8 Å². The lowest BCUT2D eigenvalue weighted by molar-refractivity contribution is -0.150. The van der Waals surface area contributed by atoms with Gasteiger partial charge in [0.1, 0.15) is 0 Å². The van der Waals surface area contributed by atoms with E-state index in [1.165, 1.54) is 6.92 Å². The van der Waals surface area contributed by atoms with Crippen molar-refractivity contribution < 1.29 is 19.1 Å². The van der Waals surface area contributed by atoms with E-state index in [2.05, 4.69) is 0 Å². The van der Waals surface area contributed by atoms with Crippen LogP contribution in [0.1, 0.15) is 27.7 Å². The maximum Gasteiger partial charge on any atom is 0.374 e. The number of esters is 2. The molecule has 0 fully saturated rings. The Morgan fingerprint density at radius 1 is 1.36 bits per heavy atom. The van der Waals surface area contributed by atoms with Crippen molar-refractivity contribution in [2.75, 3.05) is 6.61 Å². The molecule has 0 amide bonds. The van der Waals surface area contributed by atoms with Crippen molar-refractivity contribution in [1.82, 2.24) is 0 Å². The van der Waals surface area contributed by atoms with E-state index in [4.69, 9.17) is 9.47 Å². The number of hydrogen-bond donors (Lipinski definition) is 0. The summed E-state index contributed by atoms with van der Waals surface area (Å²) in [5.41, 5.74) is 0. The van der Waals surface area contributed by atoms with E-state index in [0.717, 1.165) is 0 Å². The fourth-order valence-corrected chi connectivity index (χ4v) is 0.804. The molecule has 4 heteroatoms. The lowest BCUT2D eigenvalue weighted by Crippen LogP contribution is -2.13. The van der Waals surface area contributed by atoms with Gasteiger partial charge in [-0.05, 0) is 18.9 Å². The van der Waals surface area contributed by atoms with Gasteiger partial charge in [0.15, 0.2) is 0 Å². The van der Waals surface area contributed by atoms with Crippen molar-refractivity contribution in [1.29, 1.82) is 0 Å². The Morgan fingerprint density at radius 2 is 1.93 bits per heavy atom. The van der Waals surface area contributed by atoms with Gasteiger partial charge in [-0.25, -0.2) is 4.79 Å². The first-order valence-electron chi connectivity index (χ1n) is 4.54. The second kappa shape index (κ2) is 6.18. The molecule has 0 saturated carbocycles. The van der Waals surface area contributed by atoms with Gasteiger partial charge >= 0.3 is 11.9 Å². The lowest BCUT2D eigenvalue weighted by atomic mass is 10.2. The van der Waals surface area contributed by atoms with Crippen LogP contribution in [-0.2, 0) is 19.1 Å². The highest BCUT2D eigenvalue weighted by molar-refractivity contribution is 5.89. The number of hydrogen-bond acceptors (Lipinski definition) is 4. The van der Waals surface area contributed by atoms with Gasteiger partial charge in [0.2, 0.25) is 5.76 Å². The van der Waals surface area contributed by atoms with Gasteiger partial charge in [-0.2, -0.15) is 0 Å². The smallest absolute Gasteiger partial charge is 0.374 e. The van der Waals surface area contributed by atoms with Crippen LogP contribution < -0.4 is 0 Å². The highest BCUT2D eigenvalue weighted by atomic mass is 16.6. The highest BCUT2D eigenvalue weighted by Crippen LogP contribution is 2.06. The average molecular weight is 200 g/mol. The second-order valence-electron chi connectivity index (χ2n) is 3.09. The van der Waals surface area contributed by atoms with Crippen molar-refractivity contribution in [3.63, 3.8) is 0 Å². The first-order valence-corrected chi connectivity index (χ1v) is 4.54. The van der Waals surface area contributed by atoms with E-state index in [1.807, 2.05) is 13.8 Å². The van der Waals surface area contributed by atoms with Crippen LogP contribution >= 0.6 is 0 Å². The van der Waals surface area contributed by atoms with Crippen LogP contribution in [0.15, 0.2) is 11.8 Å². The largest absolute Gasteiger partial charge is 0.460 e. The van der Waals surface area contributed by atoms with Crippen LogP contribution in [0.3, 0.4) is 0 Å². The molecule has 0 N–H and O–H groups in total. The average Bonchev–Trinajstić information content (AvgIpc) is 2.01. The zero-order chi connectivity index (χ0) is 11.1. The molecule has 0 aliphatic rings. The van der Waals surface area contributed by atoms with E-state index >= 15 is 0 Å². The molecule has 0 aromatic rings. The van der Waals surface area contributed by atoms with Crippen LogP contribution in [0.4, 0.5) is 0 Å². The normalized spacial score (nSPS) is 11.4. The fraction of sp³-hybridized carbons (Fsp3) is 0.600. The number of rotatable bonds is 4. The minimum Gasteiger partial charge on any atom is -0.460 e. The Labute approximate surface area is 83.9 Å². The molecule has 0 unspecified atom stereocenters. The topological polar surface area (TPSA) is 52.6 Å². The highest BCUT2D eigenvalue weighted by Gasteiger charge is 2.14. The first-order chi connectivity index (χ1) is 6.47. The summed E-state index contributed by atoms with van der Waals surface area (Å²) in [4.78, 5) is 21.9. The zero-order valence-corrected chi connectivity index (χ0v) is 8.99. The number of allylic oxidation sites excluding steroid dienone is 1. The molecule has 0 aromatic carbocycles. The molecule has 0 atom stereocenters. The maximum atomic E-state index is 11.2. The van der Waals surface area contributed by atoms with Gasteiger partial charge < -0.3 is 9.47 Å². The summed E-state index contributed by atoms with van der Waals surface area (Å²) in [5.74, 6) is -1.04. The van der Waals surface area contributed by atoms with Crippen molar-refractivity contribution in [2.45, 2.75) is 27.7 Å². The summed E-state index contributed by atoms with van der Waals surface area (Å²) in [6, 6.07) is 0. The van der Waals surface area contributed by atoms with Crippen molar-refractivity contribution in [2.24, 2.45) is 5.92 Å². The molecule has 0 radical (unpaired) electrons. The molecular weight excluding hydrogens is 184 g/mol. The summed E-state index contributed by atoms with van der Waals surface area (Å²) in [6.45, 7) is 6.95. The van der Waals surface area contributed by atoms with Crippen molar-refractivity contribution in [3.8, 4) is 0 Å². The number of carbonyl (C=O) groups excluding carboxylic acids is 2. The van der Waals surface area contributed by atoms with Crippen LogP contribution in [0.5, 0.6) is 0 Å². The minimum atomic E-state index is -0.601. The van der Waals surface area contributed by atoms with E-state index in [1.54, 1.807) is 13.0 Å². The number of ether oxygens (including phenoxy) is 2. The first kappa shape index (κ1) is 12.7. The van der Waals surface area contributed by atoms with Gasteiger partial charge in [-0.15, -0.1) is 0 Å². The Morgan fingerprint density at radius 3 is 2.29 bits per heavy atom. The molecule has 0 saturated heterocycles. The van der Waals surface area contributed by atoms with Gasteiger partial charge in [-0.3, -0.25) is 4.79 Å². The summed E-state index contributed by atoms with van der Waals surface area (Å²) >= 11 is 0. The standard InChI is InChI=1S/C10H16O4/c1-5-13-10(12)9(6-7(2)3)14-8(4)11/h6-7H,5H2,1-4H3/b9-6+. The molecule has 0 aromatic heterocycles. The predicted octanol–water partition coefficient (Wildman–Crippen LogP) is 1.65. The monoisotopic (exact) mass is 200 g/mol. The SMILES string of the molecule is CCOC(=O)/C(=C\C(C)C)OC(C)=O. The summed E-state index contributed by atoms with van der Waals surface area (Å²) < 4.78 is 9.44. The van der Waals surface area contributed by atoms with Gasteiger partial charge in [0, 0.05) is 6.92 Å². The van der Waals surface area contributed by atoms with Gasteiger partial charge in [0.05, 0.1) is 6.61 Å². The van der Waals surface area contributed by atoms with Crippen LogP contribution in [-0.4, -0.2) is 18.5 Å². The van der Waals surface area contributed by atoms with E-state index in [9.17, 15) is 9.59 Å². The van der Waals surface area contributed by atoms with E-state index in [-0.39, 0.29) is 18.3 Å². The number of carbonyl (C=O) groups is 2. The van der Waals surface area contributed by atoms with Crippen molar-refractivity contribution in [3.05, 3.63) is 11.8 Å². The minimum absolute atomic E-state index is 0.0330. The zero-order valence-electron chi connectivity index (χ0n) is 8.99. The molecule has 0 aliphatic carbocycles. The molecule has 80 valence electrons. The third kappa shape index (κ3) is 5.35. The maximum absolute atomic E-state index is 11.2. The van der Waals surface area contributed by atoms with E-state index < -0.39 is 11.9 Å². The van der Waals surface area contributed by atoms with Crippen LogP contribution in [0.25, 0.3) is 0 Å². The Kier molecular flexibility index (Phi) is 5.60. The Balaban J connectivity index is 4.54. The van der Waals surface area contributed by atoms with Crippen molar-refractivity contribution >= 4 is 11.9 Å². The Hall–Kier alpha value is -1.32. The molecule has 0 rings (SSSR count). The summed E-state index contributed by atoms with van der Waals surface area (Å²) in [5, 5.41) is 0. The quantitative estimate of drug-likeness (QED) is 0.393. The molecule has 4 nitrogen and oxygen atoms in total. The Bertz CT molecular complexity index is 241. The van der Waals surface area contributed by atoms with E-state index in [0.29, 0.717) is 0 Å². The third-order valence-corrected chi connectivity index (χ3v) is 1.22. The summed E-state index contributed by atoms with van der Waals surface area (Å²) in [6.07, 6.45) is 1.55. The molecule has 0 spiro atoms. The van der Waals surface area contributed by atoms with Gasteiger partial charge in [0.25, 0.3) is 0 Å². The van der Waals surface area contributed by atoms with Crippen LogP contribution in [0, 0.1) is 5.92 Å². The second-order valence-corrected chi connectivity index (χ2v) is 3.09. The lowest BCUT2D eigenvalue weighted by Gasteiger charge is -2.07. The third-order valence-electron chi connectivity index (χ3n) is 1.22. The molecule has 0 bridgehead atoms. The molecule has 0 aliphatic heterocycles. The predicted molar refractivity (Wildman–Crippen MR) is 51.3 cm³/mol. The molecular formula is C10H16O4.